The van der Waals surface area contributed by atoms with Gasteiger partial charge < -0.3 is 9.64 Å². The Kier molecular flexibility index (Phi) is 7.13. The summed E-state index contributed by atoms with van der Waals surface area (Å²) in [6.45, 7) is 7.50. The van der Waals surface area contributed by atoms with E-state index in [2.05, 4.69) is 18.7 Å². The van der Waals surface area contributed by atoms with Gasteiger partial charge in [-0.1, -0.05) is 24.3 Å². The molecule has 2 heterocycles. The summed E-state index contributed by atoms with van der Waals surface area (Å²) in [4.78, 5) is 16.6. The van der Waals surface area contributed by atoms with E-state index in [-0.39, 0.29) is 49.2 Å². The summed E-state index contributed by atoms with van der Waals surface area (Å²) >= 11 is 0. The molecule has 0 bridgehead atoms. The quantitative estimate of drug-likeness (QED) is 0.665. The first-order chi connectivity index (χ1) is 15.7. The lowest BCUT2D eigenvalue weighted by atomic mass is 10.1. The minimum atomic E-state index is -3.93. The van der Waals surface area contributed by atoms with E-state index in [4.69, 9.17) is 4.74 Å². The molecule has 7 nitrogen and oxygen atoms in total. The van der Waals surface area contributed by atoms with Gasteiger partial charge in [-0.3, -0.25) is 9.69 Å². The Balaban J connectivity index is 1.34. The second-order valence-electron chi connectivity index (χ2n) is 8.78. The monoisotopic (exact) mass is 475 g/mol. The second-order valence-corrected chi connectivity index (χ2v) is 10.7. The second kappa shape index (κ2) is 9.89. The molecule has 0 spiro atoms. The van der Waals surface area contributed by atoms with Crippen molar-refractivity contribution in [2.45, 2.75) is 37.5 Å². The maximum atomic E-state index is 14.0. The van der Waals surface area contributed by atoms with Crippen molar-refractivity contribution in [2.75, 3.05) is 39.3 Å². The predicted octanol–water partition coefficient (Wildman–Crippen LogP) is 2.58. The van der Waals surface area contributed by atoms with E-state index in [1.54, 1.807) is 4.90 Å². The number of morpholine rings is 1. The molecular formula is C24H30FN3O4S. The van der Waals surface area contributed by atoms with Crippen molar-refractivity contribution in [2.24, 2.45) is 0 Å². The van der Waals surface area contributed by atoms with Crippen LogP contribution in [0.5, 0.6) is 0 Å². The first kappa shape index (κ1) is 23.8. The molecule has 2 atom stereocenters. The molecule has 0 N–H and O–H groups in total. The highest BCUT2D eigenvalue weighted by atomic mass is 32.2. The summed E-state index contributed by atoms with van der Waals surface area (Å²) in [5.41, 5.74) is 1.71. The molecule has 2 aromatic carbocycles. The van der Waals surface area contributed by atoms with E-state index in [9.17, 15) is 17.6 Å². The fourth-order valence-corrected chi connectivity index (χ4v) is 6.02. The summed E-state index contributed by atoms with van der Waals surface area (Å²) < 4.78 is 46.6. The zero-order valence-corrected chi connectivity index (χ0v) is 19.8. The van der Waals surface area contributed by atoms with E-state index >= 15 is 0 Å². The Labute approximate surface area is 194 Å². The molecule has 178 valence electrons. The van der Waals surface area contributed by atoms with Gasteiger partial charge in [0.2, 0.25) is 10.0 Å². The molecule has 2 aliphatic heterocycles. The number of carbonyl (C=O) groups excluding carboxylic acids is 1. The van der Waals surface area contributed by atoms with Gasteiger partial charge in [-0.15, -0.1) is 0 Å². The number of nitrogens with zero attached hydrogens (tertiary/aromatic N) is 3. The number of rotatable bonds is 5. The average Bonchev–Trinajstić information content (AvgIpc) is 2.79. The summed E-state index contributed by atoms with van der Waals surface area (Å²) in [6, 6.07) is 12.9. The van der Waals surface area contributed by atoms with Gasteiger partial charge >= 0.3 is 0 Å². The lowest BCUT2D eigenvalue weighted by Gasteiger charge is -2.35. The standard InChI is InChI=1S/C24H30FN3O4S/c1-18-15-26(16-19(2)32-18)17-20-7-9-21(10-8-20)24(29)27-11-13-28(14-12-27)33(30,31)23-6-4-3-5-22(23)25/h3-10,18-19H,11-17H2,1-2H3. The molecule has 2 fully saturated rings. The van der Waals surface area contributed by atoms with Gasteiger partial charge in [0.15, 0.2) is 0 Å². The van der Waals surface area contributed by atoms with Crippen LogP contribution in [-0.4, -0.2) is 79.9 Å². The fraction of sp³-hybridized carbons (Fsp3) is 0.458. The Morgan fingerprint density at radius 2 is 1.58 bits per heavy atom. The van der Waals surface area contributed by atoms with Crippen LogP contribution in [0.15, 0.2) is 53.4 Å². The molecule has 9 heteroatoms. The van der Waals surface area contributed by atoms with E-state index in [0.717, 1.165) is 31.3 Å². The third-order valence-corrected chi connectivity index (χ3v) is 8.01. The van der Waals surface area contributed by atoms with Crippen molar-refractivity contribution in [3.8, 4) is 0 Å². The van der Waals surface area contributed by atoms with Crippen molar-refractivity contribution >= 4 is 15.9 Å². The SMILES string of the molecule is CC1CN(Cc2ccc(C(=O)N3CCN(S(=O)(=O)c4ccccc4F)CC3)cc2)CC(C)O1. The number of ether oxygens (including phenoxy) is 1. The fourth-order valence-electron chi connectivity index (χ4n) is 4.53. The van der Waals surface area contributed by atoms with E-state index in [0.29, 0.717) is 5.56 Å². The van der Waals surface area contributed by atoms with Gasteiger partial charge in [0, 0.05) is 51.4 Å². The smallest absolute Gasteiger partial charge is 0.253 e. The predicted molar refractivity (Wildman–Crippen MR) is 123 cm³/mol. The zero-order chi connectivity index (χ0) is 23.6. The van der Waals surface area contributed by atoms with Crippen molar-refractivity contribution < 1.29 is 22.3 Å². The topological polar surface area (TPSA) is 70.2 Å². The Hall–Kier alpha value is -2.33. The molecule has 4 rings (SSSR count). The Morgan fingerprint density at radius 1 is 0.970 bits per heavy atom. The molecule has 0 radical (unpaired) electrons. The average molecular weight is 476 g/mol. The third kappa shape index (κ3) is 5.43. The molecule has 0 saturated carbocycles. The summed E-state index contributed by atoms with van der Waals surface area (Å²) in [5, 5.41) is 0. The van der Waals surface area contributed by atoms with Gasteiger partial charge in [-0.25, -0.2) is 12.8 Å². The number of piperazine rings is 1. The lowest BCUT2D eigenvalue weighted by molar-refractivity contribution is -0.0704. The van der Waals surface area contributed by atoms with Crippen molar-refractivity contribution in [1.29, 1.82) is 0 Å². The number of hydrogen-bond acceptors (Lipinski definition) is 5. The third-order valence-electron chi connectivity index (χ3n) is 6.08. The van der Waals surface area contributed by atoms with Crippen LogP contribution in [0, 0.1) is 5.82 Å². The highest BCUT2D eigenvalue weighted by Gasteiger charge is 2.32. The van der Waals surface area contributed by atoms with Crippen molar-refractivity contribution in [1.82, 2.24) is 14.1 Å². The first-order valence-corrected chi connectivity index (χ1v) is 12.7. The number of hydrogen-bond donors (Lipinski definition) is 0. The molecule has 2 saturated heterocycles. The first-order valence-electron chi connectivity index (χ1n) is 11.2. The lowest BCUT2D eigenvalue weighted by Crippen LogP contribution is -2.50. The van der Waals surface area contributed by atoms with Crippen LogP contribution in [-0.2, 0) is 21.3 Å². The maximum Gasteiger partial charge on any atom is 0.253 e. The normalized spacial score (nSPS) is 22.9. The highest BCUT2D eigenvalue weighted by molar-refractivity contribution is 7.89. The molecule has 33 heavy (non-hydrogen) atoms. The maximum absolute atomic E-state index is 14.0. The van der Waals surface area contributed by atoms with Crippen LogP contribution in [0.25, 0.3) is 0 Å². The van der Waals surface area contributed by atoms with Gasteiger partial charge in [0.25, 0.3) is 5.91 Å². The number of benzene rings is 2. The highest BCUT2D eigenvalue weighted by Crippen LogP contribution is 2.21. The minimum Gasteiger partial charge on any atom is -0.373 e. The largest absolute Gasteiger partial charge is 0.373 e. The van der Waals surface area contributed by atoms with E-state index in [1.165, 1.54) is 22.5 Å². The summed E-state index contributed by atoms with van der Waals surface area (Å²) in [5.74, 6) is -0.893. The van der Waals surface area contributed by atoms with Crippen LogP contribution in [0.2, 0.25) is 0 Å². The van der Waals surface area contributed by atoms with Gasteiger partial charge in [0.1, 0.15) is 10.7 Å². The molecular weight excluding hydrogens is 445 g/mol. The molecule has 2 aliphatic rings. The van der Waals surface area contributed by atoms with E-state index in [1.807, 2.05) is 24.3 Å². The molecule has 1 amide bonds. The van der Waals surface area contributed by atoms with Crippen molar-refractivity contribution in [3.05, 3.63) is 65.5 Å². The molecule has 0 aromatic heterocycles. The number of sulfonamides is 1. The zero-order valence-electron chi connectivity index (χ0n) is 19.0. The number of amides is 1. The van der Waals surface area contributed by atoms with Gasteiger partial charge in [-0.05, 0) is 43.7 Å². The van der Waals surface area contributed by atoms with Crippen LogP contribution >= 0.6 is 0 Å². The summed E-state index contributed by atoms with van der Waals surface area (Å²) in [6.07, 6.45) is 0.408. The Bertz CT molecular complexity index is 1080. The number of carbonyl (C=O) groups is 1. The van der Waals surface area contributed by atoms with Crippen LogP contribution in [0.3, 0.4) is 0 Å². The van der Waals surface area contributed by atoms with Crippen molar-refractivity contribution in [3.63, 3.8) is 0 Å². The van der Waals surface area contributed by atoms with Crippen LogP contribution in [0.1, 0.15) is 29.8 Å². The molecule has 2 unspecified atom stereocenters. The molecule has 2 aromatic rings. The van der Waals surface area contributed by atoms with Crippen LogP contribution in [0.4, 0.5) is 4.39 Å². The van der Waals surface area contributed by atoms with Gasteiger partial charge in [0.05, 0.1) is 12.2 Å². The number of halogens is 1. The minimum absolute atomic E-state index is 0.127. The summed E-state index contributed by atoms with van der Waals surface area (Å²) in [7, 11) is -3.93. The molecule has 0 aliphatic carbocycles. The van der Waals surface area contributed by atoms with E-state index < -0.39 is 15.8 Å². The Morgan fingerprint density at radius 3 is 2.18 bits per heavy atom. The van der Waals surface area contributed by atoms with Crippen LogP contribution < -0.4 is 0 Å². The van der Waals surface area contributed by atoms with Gasteiger partial charge in [-0.2, -0.15) is 4.31 Å².